The van der Waals surface area contributed by atoms with Gasteiger partial charge >= 0.3 is 0 Å². The molecule has 0 aliphatic heterocycles. The third kappa shape index (κ3) is 4.13. The highest BCUT2D eigenvalue weighted by Crippen LogP contribution is 2.53. The Morgan fingerprint density at radius 2 is 1.39 bits per heavy atom. The second kappa shape index (κ2) is 8.38. The molecule has 0 bridgehead atoms. The Balaban J connectivity index is 1.48. The largest absolute Gasteiger partial charge is 0.302 e. The van der Waals surface area contributed by atoms with Crippen molar-refractivity contribution in [3.05, 3.63) is 70.8 Å². The fourth-order valence-electron chi connectivity index (χ4n) is 4.71. The van der Waals surface area contributed by atoms with Crippen LogP contribution in [0.4, 0.5) is 0 Å². The highest BCUT2D eigenvalue weighted by Gasteiger charge is 2.42. The molecule has 2 aliphatic rings. The molecular formula is C25H31Cl2N. The maximum atomic E-state index is 7.02. The van der Waals surface area contributed by atoms with Gasteiger partial charge in [-0.25, -0.2) is 0 Å². The molecule has 4 rings (SSSR count). The molecule has 0 radical (unpaired) electrons. The molecule has 0 unspecified atom stereocenters. The molecule has 0 N–H and O–H groups in total. The van der Waals surface area contributed by atoms with Crippen LogP contribution in [0, 0.1) is 0 Å². The van der Waals surface area contributed by atoms with Crippen molar-refractivity contribution in [2.75, 3.05) is 13.6 Å². The summed E-state index contributed by atoms with van der Waals surface area (Å²) in [6.45, 7) is 2.07. The van der Waals surface area contributed by atoms with E-state index >= 15 is 0 Å². The van der Waals surface area contributed by atoms with Crippen molar-refractivity contribution < 1.29 is 0 Å². The summed E-state index contributed by atoms with van der Waals surface area (Å²) in [5.41, 5.74) is 5.53. The van der Waals surface area contributed by atoms with E-state index in [2.05, 4.69) is 60.5 Å². The molecule has 0 aromatic heterocycles. The Morgan fingerprint density at radius 1 is 0.821 bits per heavy atom. The summed E-state index contributed by atoms with van der Waals surface area (Å²) >= 11 is 14.0. The summed E-state index contributed by atoms with van der Waals surface area (Å²) in [6.07, 6.45) is 9.03. The van der Waals surface area contributed by atoms with Crippen molar-refractivity contribution in [3.63, 3.8) is 0 Å². The van der Waals surface area contributed by atoms with Gasteiger partial charge in [-0.15, -0.1) is 23.2 Å². The summed E-state index contributed by atoms with van der Waals surface area (Å²) in [5, 5.41) is 0. The quantitative estimate of drug-likeness (QED) is 0.419. The molecule has 2 aromatic rings. The van der Waals surface area contributed by atoms with E-state index in [0.29, 0.717) is 0 Å². The predicted octanol–water partition coefficient (Wildman–Crippen LogP) is 6.99. The molecule has 2 saturated carbocycles. The molecule has 2 aromatic carbocycles. The lowest BCUT2D eigenvalue weighted by atomic mass is 9.71. The topological polar surface area (TPSA) is 3.24 Å². The molecule has 2 fully saturated rings. The van der Waals surface area contributed by atoms with Crippen LogP contribution >= 0.6 is 23.2 Å². The highest BCUT2D eigenvalue weighted by molar-refractivity contribution is 6.25. The molecule has 0 spiro atoms. The molecule has 0 heterocycles. The van der Waals surface area contributed by atoms with Crippen LogP contribution in [0.15, 0.2) is 48.5 Å². The van der Waals surface area contributed by atoms with E-state index in [-0.39, 0.29) is 9.75 Å². The molecule has 0 atom stereocenters. The van der Waals surface area contributed by atoms with Gasteiger partial charge in [0.05, 0.1) is 9.75 Å². The lowest BCUT2D eigenvalue weighted by Crippen LogP contribution is -2.33. The number of rotatable bonds is 8. The second-order valence-electron chi connectivity index (χ2n) is 8.80. The van der Waals surface area contributed by atoms with Crippen LogP contribution in [-0.4, -0.2) is 18.5 Å². The molecule has 0 amide bonds. The molecule has 2 aliphatic carbocycles. The maximum absolute atomic E-state index is 7.02. The molecule has 28 heavy (non-hydrogen) atoms. The van der Waals surface area contributed by atoms with E-state index < -0.39 is 0 Å². The van der Waals surface area contributed by atoms with Crippen molar-refractivity contribution >= 4 is 23.2 Å². The van der Waals surface area contributed by atoms with Gasteiger partial charge in [0.25, 0.3) is 0 Å². The van der Waals surface area contributed by atoms with Crippen LogP contribution in [0.5, 0.6) is 0 Å². The lowest BCUT2D eigenvalue weighted by Gasteiger charge is -2.42. The van der Waals surface area contributed by atoms with Crippen LogP contribution < -0.4 is 0 Å². The van der Waals surface area contributed by atoms with Crippen LogP contribution in [0.2, 0.25) is 0 Å². The lowest BCUT2D eigenvalue weighted by molar-refractivity contribution is 0.318. The van der Waals surface area contributed by atoms with Crippen LogP contribution in [0.1, 0.15) is 67.2 Å². The van der Waals surface area contributed by atoms with E-state index in [1.807, 2.05) is 0 Å². The minimum absolute atomic E-state index is 0.154. The summed E-state index contributed by atoms with van der Waals surface area (Å²) < 4.78 is 0. The van der Waals surface area contributed by atoms with Gasteiger partial charge in [0.15, 0.2) is 0 Å². The molecule has 3 heteroatoms. The van der Waals surface area contributed by atoms with E-state index in [1.165, 1.54) is 35.1 Å². The Bertz CT molecular complexity index is 755. The van der Waals surface area contributed by atoms with E-state index in [4.69, 9.17) is 23.2 Å². The average molecular weight is 416 g/mol. The third-order valence-electron chi connectivity index (χ3n) is 6.70. The summed E-state index contributed by atoms with van der Waals surface area (Å²) in [4.78, 5) is 2.10. The summed E-state index contributed by atoms with van der Waals surface area (Å²) in [6, 6.07) is 17.4. The zero-order valence-electron chi connectivity index (χ0n) is 16.9. The molecular weight excluding hydrogens is 385 g/mol. The van der Waals surface area contributed by atoms with Crippen LogP contribution in [0.25, 0.3) is 0 Å². The zero-order valence-corrected chi connectivity index (χ0v) is 18.4. The van der Waals surface area contributed by atoms with E-state index in [1.54, 1.807) is 0 Å². The van der Waals surface area contributed by atoms with Gasteiger partial charge in [-0.05, 0) is 87.2 Å². The fourth-order valence-corrected chi connectivity index (χ4v) is 5.60. The Morgan fingerprint density at radius 3 is 1.89 bits per heavy atom. The van der Waals surface area contributed by atoms with Crippen molar-refractivity contribution in [2.24, 2.45) is 0 Å². The Kier molecular flexibility index (Phi) is 6.06. The van der Waals surface area contributed by atoms with Crippen molar-refractivity contribution in [2.45, 2.75) is 67.7 Å². The predicted molar refractivity (Wildman–Crippen MR) is 120 cm³/mol. The van der Waals surface area contributed by atoms with Gasteiger partial charge in [-0.3, -0.25) is 0 Å². The van der Waals surface area contributed by atoms with Gasteiger partial charge in [0.1, 0.15) is 0 Å². The number of nitrogens with zero attached hydrogens (tertiary/aromatic N) is 1. The Labute approximate surface area is 180 Å². The number of alkyl halides is 2. The van der Waals surface area contributed by atoms with Crippen LogP contribution in [-0.2, 0) is 22.7 Å². The molecule has 1 nitrogen and oxygen atoms in total. The minimum atomic E-state index is -0.154. The van der Waals surface area contributed by atoms with Crippen molar-refractivity contribution in [1.29, 1.82) is 0 Å². The van der Waals surface area contributed by atoms with Gasteiger partial charge in [0, 0.05) is 6.54 Å². The van der Waals surface area contributed by atoms with Gasteiger partial charge in [-0.2, -0.15) is 0 Å². The summed E-state index contributed by atoms with van der Waals surface area (Å²) in [5.74, 6) is 0. The van der Waals surface area contributed by atoms with Crippen LogP contribution in [0.3, 0.4) is 0 Å². The summed E-state index contributed by atoms with van der Waals surface area (Å²) in [7, 11) is 2.21. The SMILES string of the molecule is CN(CCCc1c(C2(Cl)CCC2)cccc1C1(Cl)CCC1)Cc1ccccc1. The number of benzene rings is 2. The normalized spacial score (nSPS) is 19.9. The number of halogens is 2. The Hall–Kier alpha value is -1.02. The fraction of sp³-hybridized carbons (Fsp3) is 0.520. The standard InChI is InChI=1S/C25H31Cl2N/c1-28(19-20-9-3-2-4-10-20)18-6-11-21-22(24(26)14-7-15-24)12-5-13-23(21)25(27)16-8-17-25/h2-5,9-10,12-13H,6-8,11,14-19H2,1H3. The van der Waals surface area contributed by atoms with E-state index in [9.17, 15) is 0 Å². The van der Waals surface area contributed by atoms with Gasteiger partial charge in [0.2, 0.25) is 0 Å². The first-order valence-corrected chi connectivity index (χ1v) is 11.5. The average Bonchev–Trinajstić information content (AvgIpc) is 2.65. The van der Waals surface area contributed by atoms with Crippen molar-refractivity contribution in [3.8, 4) is 0 Å². The molecule has 150 valence electrons. The van der Waals surface area contributed by atoms with E-state index in [0.717, 1.165) is 51.6 Å². The molecule has 0 saturated heterocycles. The monoisotopic (exact) mass is 415 g/mol. The first-order valence-electron chi connectivity index (χ1n) is 10.7. The highest BCUT2D eigenvalue weighted by atomic mass is 35.5. The third-order valence-corrected chi connectivity index (χ3v) is 7.86. The second-order valence-corrected chi connectivity index (χ2v) is 10.2. The zero-order chi connectivity index (χ0) is 19.6. The van der Waals surface area contributed by atoms with Gasteiger partial charge in [-0.1, -0.05) is 48.5 Å². The number of hydrogen-bond donors (Lipinski definition) is 0. The van der Waals surface area contributed by atoms with Crippen molar-refractivity contribution in [1.82, 2.24) is 4.90 Å². The first kappa shape index (κ1) is 20.3. The maximum Gasteiger partial charge on any atom is 0.0697 e. The number of hydrogen-bond acceptors (Lipinski definition) is 1. The minimum Gasteiger partial charge on any atom is -0.302 e. The first-order chi connectivity index (χ1) is 13.5. The van der Waals surface area contributed by atoms with Gasteiger partial charge < -0.3 is 4.90 Å². The smallest absolute Gasteiger partial charge is 0.0697 e.